The molecule has 0 aliphatic rings. The van der Waals surface area contributed by atoms with Crippen LogP contribution in [-0.4, -0.2) is 20.0 Å². The zero-order valence-corrected chi connectivity index (χ0v) is 9.63. The van der Waals surface area contributed by atoms with Gasteiger partial charge >= 0.3 is 6.36 Å². The molecule has 17 heavy (non-hydrogen) atoms. The summed E-state index contributed by atoms with van der Waals surface area (Å²) >= 11 is 0. The van der Waals surface area contributed by atoms with E-state index in [9.17, 15) is 13.2 Å². The first-order valence-corrected chi connectivity index (χ1v) is 5.28. The average Bonchev–Trinajstić information content (AvgIpc) is 2.24. The Morgan fingerprint density at radius 3 is 2.65 bits per heavy atom. The zero-order valence-electron chi connectivity index (χ0n) is 9.63. The van der Waals surface area contributed by atoms with Gasteiger partial charge < -0.3 is 9.64 Å². The molecular weight excluding hydrogens is 231 g/mol. The molecule has 0 spiro atoms. The second kappa shape index (κ2) is 5.80. The van der Waals surface area contributed by atoms with Crippen LogP contribution in [0.15, 0.2) is 24.3 Å². The van der Waals surface area contributed by atoms with Crippen molar-refractivity contribution in [1.82, 2.24) is 0 Å². The minimum atomic E-state index is -4.65. The number of ether oxygens (including phenoxy) is 1. The molecule has 0 aliphatic heterocycles. The molecule has 0 aliphatic carbocycles. The number of hydrogen-bond acceptors (Lipinski definition) is 2. The molecule has 0 bridgehead atoms. The van der Waals surface area contributed by atoms with E-state index in [1.807, 2.05) is 11.9 Å². The molecule has 0 saturated carbocycles. The molecule has 95 valence electrons. The molecule has 0 heterocycles. The van der Waals surface area contributed by atoms with E-state index in [2.05, 4.69) is 11.7 Å². The molecule has 0 N–H and O–H groups in total. The van der Waals surface area contributed by atoms with Crippen LogP contribution in [0.4, 0.5) is 18.9 Å². The van der Waals surface area contributed by atoms with E-state index in [1.54, 1.807) is 6.07 Å². The highest BCUT2D eigenvalue weighted by atomic mass is 19.4. The summed E-state index contributed by atoms with van der Waals surface area (Å²) in [6, 6.07) is 5.94. The van der Waals surface area contributed by atoms with Gasteiger partial charge in [0.2, 0.25) is 0 Å². The van der Waals surface area contributed by atoms with Crippen LogP contribution in [0.25, 0.3) is 0 Å². The van der Waals surface area contributed by atoms with E-state index in [0.29, 0.717) is 5.69 Å². The molecule has 1 rings (SSSR count). The smallest absolute Gasteiger partial charge is 0.406 e. The Morgan fingerprint density at radius 2 is 2.06 bits per heavy atom. The maximum atomic E-state index is 12.0. The van der Waals surface area contributed by atoms with E-state index in [1.165, 1.54) is 18.2 Å². The minimum Gasteiger partial charge on any atom is -0.406 e. The molecule has 1 aromatic rings. The van der Waals surface area contributed by atoms with E-state index < -0.39 is 6.36 Å². The lowest BCUT2D eigenvalue weighted by Gasteiger charge is -2.19. The molecule has 5 heteroatoms. The fraction of sp³-hybridized carbons (Fsp3) is 0.417. The Hall–Kier alpha value is -1.39. The molecule has 0 saturated heterocycles. The molecule has 2 nitrogen and oxygen atoms in total. The maximum Gasteiger partial charge on any atom is 0.573 e. The number of nitrogens with zero attached hydrogens (tertiary/aromatic N) is 1. The van der Waals surface area contributed by atoms with Gasteiger partial charge in [-0.25, -0.2) is 0 Å². The van der Waals surface area contributed by atoms with Gasteiger partial charge in [0.1, 0.15) is 5.75 Å². The fourth-order valence-corrected chi connectivity index (χ4v) is 1.40. The SMILES string of the molecule is [CH2]CCCN(C)c1cccc(OC(F)(F)F)c1. The van der Waals surface area contributed by atoms with Crippen molar-refractivity contribution in [1.29, 1.82) is 0 Å². The van der Waals surface area contributed by atoms with Crippen LogP contribution in [0.5, 0.6) is 5.75 Å². The number of hydrogen-bond donors (Lipinski definition) is 0. The summed E-state index contributed by atoms with van der Waals surface area (Å²) in [5.41, 5.74) is 0.695. The minimum absolute atomic E-state index is 0.198. The van der Waals surface area contributed by atoms with Crippen LogP contribution in [0.1, 0.15) is 12.8 Å². The van der Waals surface area contributed by atoms with Gasteiger partial charge in [-0.1, -0.05) is 19.4 Å². The third kappa shape index (κ3) is 4.97. The number of unbranched alkanes of at least 4 members (excludes halogenated alkanes) is 1. The number of anilines is 1. The first kappa shape index (κ1) is 13.7. The number of benzene rings is 1. The van der Waals surface area contributed by atoms with Crippen molar-refractivity contribution in [3.63, 3.8) is 0 Å². The Labute approximate surface area is 99.0 Å². The average molecular weight is 246 g/mol. The second-order valence-electron chi connectivity index (χ2n) is 3.67. The lowest BCUT2D eigenvalue weighted by Crippen LogP contribution is -2.19. The topological polar surface area (TPSA) is 12.5 Å². The third-order valence-electron chi connectivity index (χ3n) is 2.24. The first-order valence-electron chi connectivity index (χ1n) is 5.28. The monoisotopic (exact) mass is 246 g/mol. The van der Waals surface area contributed by atoms with Crippen molar-refractivity contribution >= 4 is 5.69 Å². The number of halogens is 3. The van der Waals surface area contributed by atoms with Crippen LogP contribution < -0.4 is 9.64 Å². The van der Waals surface area contributed by atoms with Crippen LogP contribution in [0.2, 0.25) is 0 Å². The Kier molecular flexibility index (Phi) is 4.66. The molecule has 0 fully saturated rings. The lowest BCUT2D eigenvalue weighted by molar-refractivity contribution is -0.274. The van der Waals surface area contributed by atoms with Crippen LogP contribution in [-0.2, 0) is 0 Å². The summed E-state index contributed by atoms with van der Waals surface area (Å²) in [4.78, 5) is 1.87. The third-order valence-corrected chi connectivity index (χ3v) is 2.24. The van der Waals surface area contributed by atoms with Gasteiger partial charge in [0.15, 0.2) is 0 Å². The molecule has 0 amide bonds. The summed E-state index contributed by atoms with van der Waals surface area (Å²) in [5, 5.41) is 0. The van der Waals surface area contributed by atoms with Gasteiger partial charge in [0, 0.05) is 25.3 Å². The van der Waals surface area contributed by atoms with Crippen molar-refractivity contribution in [3.8, 4) is 5.75 Å². The van der Waals surface area contributed by atoms with Gasteiger partial charge in [-0.2, -0.15) is 0 Å². The summed E-state index contributed by atoms with van der Waals surface area (Å²) in [6.45, 7) is 4.47. The predicted octanol–water partition coefficient (Wildman–Crippen LogP) is 3.64. The quantitative estimate of drug-likeness (QED) is 0.786. The first-order chi connectivity index (χ1) is 7.92. The highest BCUT2D eigenvalue weighted by Crippen LogP contribution is 2.26. The van der Waals surface area contributed by atoms with Crippen molar-refractivity contribution in [3.05, 3.63) is 31.2 Å². The lowest BCUT2D eigenvalue weighted by atomic mass is 10.2. The van der Waals surface area contributed by atoms with Crippen molar-refractivity contribution in [2.45, 2.75) is 19.2 Å². The van der Waals surface area contributed by atoms with Gasteiger partial charge in [-0.3, -0.25) is 0 Å². The summed E-state index contributed by atoms with van der Waals surface area (Å²) in [7, 11) is 1.82. The zero-order chi connectivity index (χ0) is 12.9. The Balaban J connectivity index is 2.71. The summed E-state index contributed by atoms with van der Waals surface area (Å²) in [6.07, 6.45) is -2.96. The normalized spacial score (nSPS) is 11.4. The Morgan fingerprint density at radius 1 is 1.35 bits per heavy atom. The van der Waals surface area contributed by atoms with E-state index >= 15 is 0 Å². The second-order valence-corrected chi connectivity index (χ2v) is 3.67. The van der Waals surface area contributed by atoms with E-state index in [0.717, 1.165) is 19.4 Å². The van der Waals surface area contributed by atoms with Crippen molar-refractivity contribution in [2.24, 2.45) is 0 Å². The van der Waals surface area contributed by atoms with Crippen molar-refractivity contribution in [2.75, 3.05) is 18.5 Å². The van der Waals surface area contributed by atoms with Gasteiger partial charge in [0.25, 0.3) is 0 Å². The van der Waals surface area contributed by atoms with Crippen LogP contribution in [0.3, 0.4) is 0 Å². The molecular formula is C12H15F3NO. The van der Waals surface area contributed by atoms with E-state index in [4.69, 9.17) is 0 Å². The molecule has 1 aromatic carbocycles. The highest BCUT2D eigenvalue weighted by molar-refractivity contribution is 5.50. The van der Waals surface area contributed by atoms with Gasteiger partial charge in [-0.05, 0) is 18.6 Å². The fourth-order valence-electron chi connectivity index (χ4n) is 1.40. The van der Waals surface area contributed by atoms with Gasteiger partial charge in [-0.15, -0.1) is 13.2 Å². The summed E-state index contributed by atoms with van der Waals surface area (Å²) in [5.74, 6) is -0.198. The largest absolute Gasteiger partial charge is 0.573 e. The standard InChI is InChI=1S/C12H15F3NO/c1-3-4-8-16(2)10-6-5-7-11(9-10)17-12(13,14)15/h5-7,9H,1,3-4,8H2,2H3. The molecule has 0 unspecified atom stereocenters. The van der Waals surface area contributed by atoms with Gasteiger partial charge in [0.05, 0.1) is 0 Å². The van der Waals surface area contributed by atoms with Crippen LogP contribution in [0, 0.1) is 6.92 Å². The maximum absolute atomic E-state index is 12.0. The van der Waals surface area contributed by atoms with Crippen LogP contribution >= 0.6 is 0 Å². The number of rotatable bonds is 5. The number of alkyl halides is 3. The molecule has 0 atom stereocenters. The molecule has 0 aromatic heterocycles. The van der Waals surface area contributed by atoms with E-state index in [-0.39, 0.29) is 5.75 Å². The molecule has 1 radical (unpaired) electrons. The summed E-state index contributed by atoms with van der Waals surface area (Å²) < 4.78 is 40.0. The van der Waals surface area contributed by atoms with Crippen molar-refractivity contribution < 1.29 is 17.9 Å². The Bertz CT molecular complexity index is 352. The predicted molar refractivity (Wildman–Crippen MR) is 61.0 cm³/mol. The highest BCUT2D eigenvalue weighted by Gasteiger charge is 2.31.